The lowest BCUT2D eigenvalue weighted by molar-refractivity contribution is 0.0827. The van der Waals surface area contributed by atoms with Crippen LogP contribution in [0.4, 0.5) is 5.69 Å². The first kappa shape index (κ1) is 12.9. The van der Waals surface area contributed by atoms with E-state index < -0.39 is 0 Å². The Bertz CT molecular complexity index is 412. The van der Waals surface area contributed by atoms with Crippen molar-refractivity contribution >= 4 is 11.6 Å². The third kappa shape index (κ3) is 3.01. The van der Waals surface area contributed by atoms with Gasteiger partial charge in [-0.25, -0.2) is 0 Å². The standard InChI is InChI=1S/C14H20N2O2/c1-16(2)14(17)12-5-3-4-6-13(12)15-11-7-9-18-10-8-11/h3-6,11,15H,7-10H2,1-2H3. The van der Waals surface area contributed by atoms with Crippen molar-refractivity contribution < 1.29 is 9.53 Å². The second-order valence-electron chi connectivity index (χ2n) is 4.78. The predicted molar refractivity (Wildman–Crippen MR) is 71.9 cm³/mol. The van der Waals surface area contributed by atoms with E-state index in [4.69, 9.17) is 4.74 Å². The summed E-state index contributed by atoms with van der Waals surface area (Å²) in [7, 11) is 3.54. The van der Waals surface area contributed by atoms with Crippen molar-refractivity contribution in [2.75, 3.05) is 32.6 Å². The molecule has 4 nitrogen and oxygen atoms in total. The number of ether oxygens (including phenoxy) is 1. The molecule has 1 aliphatic heterocycles. The van der Waals surface area contributed by atoms with Crippen LogP contribution in [0.5, 0.6) is 0 Å². The molecule has 0 bridgehead atoms. The van der Waals surface area contributed by atoms with E-state index in [9.17, 15) is 4.79 Å². The number of carbonyl (C=O) groups is 1. The van der Waals surface area contributed by atoms with Gasteiger partial charge in [0.2, 0.25) is 0 Å². The predicted octanol–water partition coefficient (Wildman–Crippen LogP) is 1.98. The molecule has 0 radical (unpaired) electrons. The van der Waals surface area contributed by atoms with Gasteiger partial charge in [0.1, 0.15) is 0 Å². The van der Waals surface area contributed by atoms with Crippen LogP contribution < -0.4 is 5.32 Å². The zero-order valence-electron chi connectivity index (χ0n) is 11.0. The van der Waals surface area contributed by atoms with Crippen LogP contribution in [0.15, 0.2) is 24.3 Å². The van der Waals surface area contributed by atoms with E-state index in [0.29, 0.717) is 6.04 Å². The number of carbonyl (C=O) groups excluding carboxylic acids is 1. The molecule has 1 fully saturated rings. The highest BCUT2D eigenvalue weighted by atomic mass is 16.5. The molecule has 0 aromatic heterocycles. The summed E-state index contributed by atoms with van der Waals surface area (Å²) in [5, 5.41) is 3.46. The molecule has 1 aromatic rings. The van der Waals surface area contributed by atoms with Crippen molar-refractivity contribution in [3.63, 3.8) is 0 Å². The molecule has 1 aromatic carbocycles. The largest absolute Gasteiger partial charge is 0.381 e. The van der Waals surface area contributed by atoms with Gasteiger partial charge in [0.15, 0.2) is 0 Å². The maximum absolute atomic E-state index is 12.1. The fraction of sp³-hybridized carbons (Fsp3) is 0.500. The Morgan fingerprint density at radius 1 is 1.28 bits per heavy atom. The molecule has 0 spiro atoms. The molecule has 1 heterocycles. The van der Waals surface area contributed by atoms with Gasteiger partial charge in [0.05, 0.1) is 5.56 Å². The number of amides is 1. The molecule has 0 saturated carbocycles. The number of nitrogens with zero attached hydrogens (tertiary/aromatic N) is 1. The minimum atomic E-state index is 0.0326. The molecular weight excluding hydrogens is 228 g/mol. The van der Waals surface area contributed by atoms with Crippen molar-refractivity contribution in [3.8, 4) is 0 Å². The number of hydrogen-bond donors (Lipinski definition) is 1. The van der Waals surface area contributed by atoms with Gasteiger partial charge < -0.3 is 15.0 Å². The summed E-state index contributed by atoms with van der Waals surface area (Å²) in [5.41, 5.74) is 1.65. The van der Waals surface area contributed by atoms with Crippen LogP contribution in [0.3, 0.4) is 0 Å². The fourth-order valence-electron chi connectivity index (χ4n) is 2.10. The summed E-state index contributed by atoms with van der Waals surface area (Å²) in [6, 6.07) is 8.07. The van der Waals surface area contributed by atoms with Crippen LogP contribution in [-0.4, -0.2) is 44.2 Å². The van der Waals surface area contributed by atoms with E-state index in [0.717, 1.165) is 37.3 Å². The second kappa shape index (κ2) is 5.87. The van der Waals surface area contributed by atoms with Gasteiger partial charge >= 0.3 is 0 Å². The number of para-hydroxylation sites is 1. The summed E-state index contributed by atoms with van der Waals surface area (Å²) >= 11 is 0. The van der Waals surface area contributed by atoms with Crippen LogP contribution in [-0.2, 0) is 4.74 Å². The summed E-state index contributed by atoms with van der Waals surface area (Å²) in [6.07, 6.45) is 1.98. The molecular formula is C14H20N2O2. The van der Waals surface area contributed by atoms with Crippen molar-refractivity contribution in [3.05, 3.63) is 29.8 Å². The van der Waals surface area contributed by atoms with Gasteiger partial charge in [-0.15, -0.1) is 0 Å². The minimum Gasteiger partial charge on any atom is -0.381 e. The molecule has 0 atom stereocenters. The maximum Gasteiger partial charge on any atom is 0.255 e. The quantitative estimate of drug-likeness (QED) is 0.889. The molecule has 18 heavy (non-hydrogen) atoms. The number of anilines is 1. The van der Waals surface area contributed by atoms with Crippen LogP contribution in [0.2, 0.25) is 0 Å². The first-order valence-electron chi connectivity index (χ1n) is 6.33. The topological polar surface area (TPSA) is 41.6 Å². The average Bonchev–Trinajstić information content (AvgIpc) is 2.39. The average molecular weight is 248 g/mol. The van der Waals surface area contributed by atoms with Crippen molar-refractivity contribution in [1.29, 1.82) is 0 Å². The Morgan fingerprint density at radius 3 is 2.61 bits per heavy atom. The van der Waals surface area contributed by atoms with Gasteiger partial charge in [0.25, 0.3) is 5.91 Å². The SMILES string of the molecule is CN(C)C(=O)c1ccccc1NC1CCOCC1. The molecule has 2 rings (SSSR count). The van der Waals surface area contributed by atoms with Crippen LogP contribution in [0, 0.1) is 0 Å². The normalized spacial score (nSPS) is 16.3. The van der Waals surface area contributed by atoms with Crippen molar-refractivity contribution in [2.24, 2.45) is 0 Å². The fourth-order valence-corrected chi connectivity index (χ4v) is 2.10. The molecule has 1 aliphatic rings. The number of benzene rings is 1. The molecule has 1 amide bonds. The number of hydrogen-bond acceptors (Lipinski definition) is 3. The van der Waals surface area contributed by atoms with Crippen LogP contribution >= 0.6 is 0 Å². The highest BCUT2D eigenvalue weighted by molar-refractivity contribution is 5.99. The number of nitrogens with one attached hydrogen (secondary N) is 1. The van der Waals surface area contributed by atoms with E-state index >= 15 is 0 Å². The first-order valence-corrected chi connectivity index (χ1v) is 6.33. The third-order valence-corrected chi connectivity index (χ3v) is 3.14. The lowest BCUT2D eigenvalue weighted by atomic mass is 10.1. The summed E-state index contributed by atoms with van der Waals surface area (Å²) in [6.45, 7) is 1.59. The van der Waals surface area contributed by atoms with E-state index in [-0.39, 0.29) is 5.91 Å². The first-order chi connectivity index (χ1) is 8.68. The van der Waals surface area contributed by atoms with Crippen LogP contribution in [0.25, 0.3) is 0 Å². The Labute approximate surface area is 108 Å². The Kier molecular flexibility index (Phi) is 4.20. The zero-order valence-corrected chi connectivity index (χ0v) is 11.0. The summed E-state index contributed by atoms with van der Waals surface area (Å²) < 4.78 is 5.34. The van der Waals surface area contributed by atoms with Gasteiger partial charge in [-0.1, -0.05) is 12.1 Å². The van der Waals surface area contributed by atoms with E-state index in [1.807, 2.05) is 24.3 Å². The summed E-state index contributed by atoms with van der Waals surface area (Å²) in [5.74, 6) is 0.0326. The van der Waals surface area contributed by atoms with Crippen LogP contribution in [0.1, 0.15) is 23.2 Å². The molecule has 98 valence electrons. The van der Waals surface area contributed by atoms with Gasteiger partial charge in [-0.05, 0) is 25.0 Å². The monoisotopic (exact) mass is 248 g/mol. The highest BCUT2D eigenvalue weighted by Gasteiger charge is 2.17. The van der Waals surface area contributed by atoms with Gasteiger partial charge in [-0.2, -0.15) is 0 Å². The Hall–Kier alpha value is -1.55. The molecule has 1 N–H and O–H groups in total. The van der Waals surface area contributed by atoms with E-state index in [2.05, 4.69) is 5.32 Å². The summed E-state index contributed by atoms with van der Waals surface area (Å²) in [4.78, 5) is 13.7. The Balaban J connectivity index is 2.14. The van der Waals surface area contributed by atoms with E-state index in [1.165, 1.54) is 0 Å². The molecule has 0 aliphatic carbocycles. The number of rotatable bonds is 3. The van der Waals surface area contributed by atoms with Gasteiger partial charge in [-0.3, -0.25) is 4.79 Å². The van der Waals surface area contributed by atoms with Crippen molar-refractivity contribution in [1.82, 2.24) is 4.90 Å². The molecule has 1 saturated heterocycles. The maximum atomic E-state index is 12.1. The minimum absolute atomic E-state index is 0.0326. The smallest absolute Gasteiger partial charge is 0.255 e. The molecule has 4 heteroatoms. The lowest BCUT2D eigenvalue weighted by Crippen LogP contribution is -2.29. The lowest BCUT2D eigenvalue weighted by Gasteiger charge is -2.25. The zero-order chi connectivity index (χ0) is 13.0. The van der Waals surface area contributed by atoms with E-state index in [1.54, 1.807) is 19.0 Å². The third-order valence-electron chi connectivity index (χ3n) is 3.14. The van der Waals surface area contributed by atoms with Gasteiger partial charge in [0, 0.05) is 39.0 Å². The highest BCUT2D eigenvalue weighted by Crippen LogP contribution is 2.20. The second-order valence-corrected chi connectivity index (χ2v) is 4.78. The van der Waals surface area contributed by atoms with Crippen molar-refractivity contribution in [2.45, 2.75) is 18.9 Å². The molecule has 0 unspecified atom stereocenters. The Morgan fingerprint density at radius 2 is 1.94 bits per heavy atom.